The highest BCUT2D eigenvalue weighted by atomic mass is 32.2. The Labute approximate surface area is 243 Å². The SMILES string of the molecule is COc1ccc(O[C@H]2/C=C3/O[C@@H](C[C@@H]3O[Si](C)(C)C(C)(C)C)[C@](C)(Sc3ccccc3)C(=O)[C@H]3OCC[C@@H]23)cc1. The van der Waals surface area contributed by atoms with Gasteiger partial charge in [-0.3, -0.25) is 4.79 Å². The molecule has 0 aromatic heterocycles. The molecule has 2 saturated heterocycles. The fourth-order valence-electron chi connectivity index (χ4n) is 5.44. The van der Waals surface area contributed by atoms with Gasteiger partial charge >= 0.3 is 0 Å². The highest BCUT2D eigenvalue weighted by Gasteiger charge is 2.57. The van der Waals surface area contributed by atoms with Crippen molar-refractivity contribution in [1.29, 1.82) is 0 Å². The number of Topliss-reactive ketones (excluding diaryl/α,β-unsaturated/α-hetero) is 1. The molecule has 0 aliphatic carbocycles. The van der Waals surface area contributed by atoms with Gasteiger partial charge in [-0.05, 0) is 74.0 Å². The quantitative estimate of drug-likeness (QED) is 0.324. The average Bonchev–Trinajstić information content (AvgIpc) is 3.55. The number of fused-ring (bicyclic) bond motifs is 3. The molecule has 0 amide bonds. The Morgan fingerprint density at radius 3 is 2.35 bits per heavy atom. The molecule has 0 spiro atoms. The number of methoxy groups -OCH3 is 1. The van der Waals surface area contributed by atoms with E-state index >= 15 is 0 Å². The lowest BCUT2D eigenvalue weighted by Crippen LogP contribution is -2.52. The summed E-state index contributed by atoms with van der Waals surface area (Å²) in [5.74, 6) is 2.15. The summed E-state index contributed by atoms with van der Waals surface area (Å²) >= 11 is 1.57. The van der Waals surface area contributed by atoms with Crippen LogP contribution >= 0.6 is 11.8 Å². The first-order valence-electron chi connectivity index (χ1n) is 14.2. The van der Waals surface area contributed by atoms with E-state index in [1.54, 1.807) is 18.9 Å². The van der Waals surface area contributed by atoms with Gasteiger partial charge in [0, 0.05) is 23.8 Å². The molecule has 2 aromatic carbocycles. The van der Waals surface area contributed by atoms with Crippen LogP contribution < -0.4 is 9.47 Å². The minimum absolute atomic E-state index is 0.0363. The molecule has 0 radical (unpaired) electrons. The minimum atomic E-state index is -2.14. The van der Waals surface area contributed by atoms with E-state index in [9.17, 15) is 4.79 Å². The van der Waals surface area contributed by atoms with Crippen molar-refractivity contribution < 1.29 is 28.2 Å². The van der Waals surface area contributed by atoms with Crippen molar-refractivity contribution in [1.82, 2.24) is 0 Å². The number of carbonyl (C=O) groups is 1. The van der Waals surface area contributed by atoms with E-state index < -0.39 is 25.3 Å². The van der Waals surface area contributed by atoms with Crippen LogP contribution in [0.5, 0.6) is 11.5 Å². The predicted octanol–water partition coefficient (Wildman–Crippen LogP) is 7.04. The normalized spacial score (nSPS) is 31.7. The molecular weight excluding hydrogens is 540 g/mol. The molecule has 6 nitrogen and oxygen atoms in total. The largest absolute Gasteiger partial charge is 0.497 e. The summed E-state index contributed by atoms with van der Waals surface area (Å²) < 4.78 is 31.0. The van der Waals surface area contributed by atoms with Gasteiger partial charge in [0.2, 0.25) is 0 Å². The number of thioether (sulfide) groups is 1. The topological polar surface area (TPSA) is 63.2 Å². The molecule has 3 aliphatic rings. The van der Waals surface area contributed by atoms with E-state index in [4.69, 9.17) is 23.4 Å². The first-order valence-corrected chi connectivity index (χ1v) is 17.9. The maximum Gasteiger partial charge on any atom is 0.193 e. The first kappa shape index (κ1) is 29.2. The fraction of sp³-hybridized carbons (Fsp3) is 0.531. The van der Waals surface area contributed by atoms with Crippen molar-refractivity contribution in [3.63, 3.8) is 0 Å². The highest BCUT2D eigenvalue weighted by Crippen LogP contribution is 2.49. The van der Waals surface area contributed by atoms with Gasteiger partial charge < -0.3 is 23.4 Å². The predicted molar refractivity (Wildman–Crippen MR) is 161 cm³/mol. The van der Waals surface area contributed by atoms with Gasteiger partial charge in [0.15, 0.2) is 14.1 Å². The monoisotopic (exact) mass is 582 g/mol. The summed E-state index contributed by atoms with van der Waals surface area (Å²) in [6.45, 7) is 13.8. The van der Waals surface area contributed by atoms with Crippen molar-refractivity contribution in [3.8, 4) is 11.5 Å². The number of hydrogen-bond donors (Lipinski definition) is 0. The van der Waals surface area contributed by atoms with E-state index in [2.05, 4.69) is 39.9 Å². The van der Waals surface area contributed by atoms with Gasteiger partial charge in [-0.2, -0.15) is 0 Å². The second-order valence-corrected chi connectivity index (χ2v) is 18.9. The third-order valence-electron chi connectivity index (χ3n) is 8.92. The minimum Gasteiger partial charge on any atom is -0.497 e. The third kappa shape index (κ3) is 5.73. The molecule has 40 heavy (non-hydrogen) atoms. The van der Waals surface area contributed by atoms with Gasteiger partial charge in [0.05, 0.1) is 7.11 Å². The second-order valence-electron chi connectivity index (χ2n) is 12.7. The first-order chi connectivity index (χ1) is 18.9. The number of ketones is 1. The molecule has 5 rings (SSSR count). The number of hydrogen-bond acceptors (Lipinski definition) is 7. The molecule has 216 valence electrons. The Morgan fingerprint density at radius 2 is 1.70 bits per heavy atom. The van der Waals surface area contributed by atoms with Crippen LogP contribution in [-0.4, -0.2) is 57.0 Å². The summed E-state index contributed by atoms with van der Waals surface area (Å²) in [4.78, 5) is 15.6. The Kier molecular flexibility index (Phi) is 8.18. The van der Waals surface area contributed by atoms with E-state index in [0.717, 1.165) is 22.8 Å². The summed E-state index contributed by atoms with van der Waals surface area (Å²) in [5, 5.41) is 0.0363. The molecule has 0 N–H and O–H groups in total. The summed E-state index contributed by atoms with van der Waals surface area (Å²) in [7, 11) is -0.494. The molecule has 6 atom stereocenters. The van der Waals surface area contributed by atoms with Crippen LogP contribution in [0.4, 0.5) is 0 Å². The second kappa shape index (κ2) is 11.2. The molecule has 2 bridgehead atoms. The number of carbonyl (C=O) groups excluding carboxylic acids is 1. The van der Waals surface area contributed by atoms with E-state index in [1.807, 2.05) is 61.5 Å². The van der Waals surface area contributed by atoms with Crippen molar-refractivity contribution in [2.24, 2.45) is 5.92 Å². The van der Waals surface area contributed by atoms with Crippen molar-refractivity contribution in [2.75, 3.05) is 13.7 Å². The van der Waals surface area contributed by atoms with Gasteiger partial charge in [-0.15, -0.1) is 11.8 Å². The van der Waals surface area contributed by atoms with Crippen molar-refractivity contribution >= 4 is 25.9 Å². The molecule has 2 fully saturated rings. The number of rotatable bonds is 7. The van der Waals surface area contributed by atoms with Crippen LogP contribution in [-0.2, 0) is 18.7 Å². The van der Waals surface area contributed by atoms with Crippen molar-refractivity contribution in [2.45, 2.75) is 92.7 Å². The highest BCUT2D eigenvalue weighted by molar-refractivity contribution is 8.01. The van der Waals surface area contributed by atoms with Crippen LogP contribution in [0.2, 0.25) is 18.1 Å². The standard InChI is InChI=1S/C32H42O6SSi/c1-31(2,3)40(6,7)38-27-20-28-32(4,39-23-11-9-8-10-12-23)30(33)29-24(17-18-35-29)25(19-26(27)37-28)36-22-15-13-21(34-5)14-16-22/h8-16,19,24-25,27-29H,17-18,20H2,1-7H3/b26-19+/t24-,25-,27-,28-,29-,32-/m0/s1. The number of benzene rings is 2. The lowest BCUT2D eigenvalue weighted by atomic mass is 9.83. The van der Waals surface area contributed by atoms with Gasteiger partial charge in [-0.1, -0.05) is 39.0 Å². The maximum absolute atomic E-state index is 14.5. The summed E-state index contributed by atoms with van der Waals surface area (Å²) in [6, 6.07) is 17.6. The Balaban J connectivity index is 1.56. The molecule has 2 aromatic rings. The van der Waals surface area contributed by atoms with Gasteiger partial charge in [0.25, 0.3) is 0 Å². The van der Waals surface area contributed by atoms with E-state index in [-0.39, 0.29) is 28.9 Å². The Hall–Kier alpha value is -2.26. The molecule has 0 saturated carbocycles. The zero-order valence-corrected chi connectivity index (χ0v) is 26.5. The zero-order chi connectivity index (χ0) is 28.7. The zero-order valence-electron chi connectivity index (χ0n) is 24.6. The van der Waals surface area contributed by atoms with Gasteiger partial charge in [-0.25, -0.2) is 0 Å². The third-order valence-corrected chi connectivity index (χ3v) is 14.8. The van der Waals surface area contributed by atoms with Crippen LogP contribution in [0.1, 0.15) is 40.5 Å². The average molecular weight is 583 g/mol. The lowest BCUT2D eigenvalue weighted by molar-refractivity contribution is -0.135. The van der Waals surface area contributed by atoms with Crippen LogP contribution in [0.25, 0.3) is 0 Å². The van der Waals surface area contributed by atoms with E-state index in [0.29, 0.717) is 18.8 Å². The Morgan fingerprint density at radius 1 is 1.02 bits per heavy atom. The fourth-order valence-corrected chi connectivity index (χ4v) is 8.00. The van der Waals surface area contributed by atoms with Gasteiger partial charge in [0.1, 0.15) is 46.4 Å². The van der Waals surface area contributed by atoms with Crippen LogP contribution in [0.3, 0.4) is 0 Å². The summed E-state index contributed by atoms with van der Waals surface area (Å²) in [5.41, 5.74) is 0. The van der Waals surface area contributed by atoms with Crippen LogP contribution in [0.15, 0.2) is 71.3 Å². The molecule has 3 heterocycles. The molecule has 3 aliphatic heterocycles. The number of ether oxygens (including phenoxy) is 4. The molecule has 0 unspecified atom stereocenters. The van der Waals surface area contributed by atoms with E-state index in [1.165, 1.54) is 0 Å². The smallest absolute Gasteiger partial charge is 0.193 e. The molecule has 8 heteroatoms. The Bertz CT molecular complexity index is 1220. The van der Waals surface area contributed by atoms with Crippen LogP contribution in [0, 0.1) is 5.92 Å². The van der Waals surface area contributed by atoms with Crippen molar-refractivity contribution in [3.05, 3.63) is 66.4 Å². The summed E-state index contributed by atoms with van der Waals surface area (Å²) in [6.07, 6.45) is 1.81. The maximum atomic E-state index is 14.5. The molecular formula is C32H42O6SSi. The lowest BCUT2D eigenvalue weighted by Gasteiger charge is -2.39.